The van der Waals surface area contributed by atoms with E-state index in [4.69, 9.17) is 9.47 Å². The first-order valence-corrected chi connectivity index (χ1v) is 9.73. The van der Waals surface area contributed by atoms with E-state index in [0.717, 1.165) is 25.5 Å². The molecule has 1 amide bonds. The number of fused-ring (bicyclic) bond motifs is 1. The van der Waals surface area contributed by atoms with E-state index in [9.17, 15) is 9.18 Å². The van der Waals surface area contributed by atoms with Crippen molar-refractivity contribution in [3.63, 3.8) is 0 Å². The quantitative estimate of drug-likeness (QED) is 0.780. The normalized spacial score (nSPS) is 19.1. The number of piperazine rings is 1. The molecule has 2 heterocycles. The Morgan fingerprint density at radius 3 is 2.75 bits per heavy atom. The SMILES string of the molecule is CC(C)(C)OC(=O)N1CCN2C(NCCCOc3ccc(F)cc3)=NCC2C1. The van der Waals surface area contributed by atoms with Crippen molar-refractivity contribution in [2.45, 2.75) is 38.8 Å². The van der Waals surface area contributed by atoms with Crippen molar-refractivity contribution in [2.75, 3.05) is 39.3 Å². The zero-order chi connectivity index (χ0) is 20.1. The maximum Gasteiger partial charge on any atom is 0.410 e. The Balaban J connectivity index is 1.36. The topological polar surface area (TPSA) is 66.4 Å². The van der Waals surface area contributed by atoms with Crippen LogP contribution in [0.2, 0.25) is 0 Å². The van der Waals surface area contributed by atoms with Crippen molar-refractivity contribution in [3.8, 4) is 5.75 Å². The molecule has 0 spiro atoms. The smallest absolute Gasteiger partial charge is 0.410 e. The van der Waals surface area contributed by atoms with Crippen LogP contribution in [-0.4, -0.2) is 72.8 Å². The summed E-state index contributed by atoms with van der Waals surface area (Å²) >= 11 is 0. The molecular formula is C20H29FN4O3. The summed E-state index contributed by atoms with van der Waals surface area (Å²) in [6, 6.07) is 6.21. The Morgan fingerprint density at radius 2 is 2.04 bits per heavy atom. The lowest BCUT2D eigenvalue weighted by atomic mass is 10.2. The van der Waals surface area contributed by atoms with E-state index in [0.29, 0.717) is 32.0 Å². The summed E-state index contributed by atoms with van der Waals surface area (Å²) in [7, 11) is 0. The first-order chi connectivity index (χ1) is 13.3. The molecule has 1 N–H and O–H groups in total. The van der Waals surface area contributed by atoms with E-state index in [-0.39, 0.29) is 18.0 Å². The number of aliphatic imine (C=N–C) groups is 1. The number of nitrogens with one attached hydrogen (secondary N) is 1. The van der Waals surface area contributed by atoms with Crippen molar-refractivity contribution in [2.24, 2.45) is 4.99 Å². The molecule has 7 nitrogen and oxygen atoms in total. The van der Waals surface area contributed by atoms with Crippen LogP contribution in [0.4, 0.5) is 9.18 Å². The summed E-state index contributed by atoms with van der Waals surface area (Å²) in [6.07, 6.45) is 0.547. The van der Waals surface area contributed by atoms with Gasteiger partial charge in [-0.25, -0.2) is 9.18 Å². The van der Waals surface area contributed by atoms with Crippen LogP contribution >= 0.6 is 0 Å². The van der Waals surface area contributed by atoms with Gasteiger partial charge >= 0.3 is 6.09 Å². The van der Waals surface area contributed by atoms with Gasteiger partial charge in [-0.1, -0.05) is 0 Å². The second-order valence-corrected chi connectivity index (χ2v) is 8.02. The van der Waals surface area contributed by atoms with Crippen molar-refractivity contribution in [1.82, 2.24) is 15.1 Å². The predicted molar refractivity (Wildman–Crippen MR) is 105 cm³/mol. The van der Waals surface area contributed by atoms with Gasteiger partial charge in [-0.3, -0.25) is 4.99 Å². The lowest BCUT2D eigenvalue weighted by molar-refractivity contribution is 0.0137. The summed E-state index contributed by atoms with van der Waals surface area (Å²) in [5.41, 5.74) is -0.483. The van der Waals surface area contributed by atoms with Crippen LogP contribution < -0.4 is 10.1 Å². The Bertz CT molecular complexity index is 702. The Labute approximate surface area is 165 Å². The standard InChI is InChI=1S/C20H29FN4O3/c1-20(2,3)28-19(26)24-10-11-25-16(14-24)13-23-18(25)22-9-4-12-27-17-7-5-15(21)6-8-17/h5-8,16H,4,9-14H2,1-3H3,(H,22,23). The van der Waals surface area contributed by atoms with Crippen LogP contribution in [0.1, 0.15) is 27.2 Å². The molecule has 1 aromatic rings. The molecular weight excluding hydrogens is 363 g/mol. The molecule has 0 aromatic heterocycles. The number of benzene rings is 1. The van der Waals surface area contributed by atoms with E-state index < -0.39 is 5.60 Å². The third kappa shape index (κ3) is 5.50. The third-order valence-corrected chi connectivity index (χ3v) is 4.54. The van der Waals surface area contributed by atoms with E-state index in [1.807, 2.05) is 20.8 Å². The van der Waals surface area contributed by atoms with Crippen LogP contribution in [0.25, 0.3) is 0 Å². The second kappa shape index (κ2) is 8.67. The summed E-state index contributed by atoms with van der Waals surface area (Å²) in [5.74, 6) is 1.28. The number of rotatable bonds is 5. The maximum atomic E-state index is 12.9. The zero-order valence-electron chi connectivity index (χ0n) is 16.8. The minimum absolute atomic E-state index is 0.194. The highest BCUT2D eigenvalue weighted by atomic mass is 19.1. The first-order valence-electron chi connectivity index (χ1n) is 9.73. The maximum absolute atomic E-state index is 12.9. The van der Waals surface area contributed by atoms with Gasteiger partial charge in [-0.2, -0.15) is 0 Å². The molecule has 8 heteroatoms. The molecule has 1 atom stereocenters. The second-order valence-electron chi connectivity index (χ2n) is 8.02. The molecule has 3 rings (SSSR count). The number of hydrogen-bond acceptors (Lipinski definition) is 6. The van der Waals surface area contributed by atoms with Gasteiger partial charge < -0.3 is 24.6 Å². The van der Waals surface area contributed by atoms with Crippen molar-refractivity contribution in [1.29, 1.82) is 0 Å². The van der Waals surface area contributed by atoms with Gasteiger partial charge in [0.05, 0.1) is 19.2 Å². The highest BCUT2D eigenvalue weighted by Gasteiger charge is 2.36. The van der Waals surface area contributed by atoms with Crippen LogP contribution in [0.5, 0.6) is 5.75 Å². The molecule has 2 aliphatic heterocycles. The minimum atomic E-state index is -0.483. The fraction of sp³-hybridized carbons (Fsp3) is 0.600. The molecule has 1 unspecified atom stereocenters. The van der Waals surface area contributed by atoms with Crippen LogP contribution in [0.15, 0.2) is 29.3 Å². The van der Waals surface area contributed by atoms with Crippen LogP contribution in [-0.2, 0) is 4.74 Å². The lowest BCUT2D eigenvalue weighted by Gasteiger charge is -2.39. The molecule has 1 aromatic carbocycles. The summed E-state index contributed by atoms with van der Waals surface area (Å²) < 4.78 is 23.9. The molecule has 154 valence electrons. The molecule has 2 aliphatic rings. The molecule has 0 aliphatic carbocycles. The monoisotopic (exact) mass is 392 g/mol. The Hall–Kier alpha value is -2.51. The first kappa shape index (κ1) is 20.2. The fourth-order valence-electron chi connectivity index (χ4n) is 3.22. The number of amides is 1. The average molecular weight is 392 g/mol. The van der Waals surface area contributed by atoms with Gasteiger partial charge in [0.1, 0.15) is 17.2 Å². The minimum Gasteiger partial charge on any atom is -0.494 e. The van der Waals surface area contributed by atoms with E-state index in [1.54, 1.807) is 17.0 Å². The summed E-state index contributed by atoms with van der Waals surface area (Å²) in [4.78, 5) is 20.8. The van der Waals surface area contributed by atoms with Gasteiger partial charge in [-0.05, 0) is 51.5 Å². The van der Waals surface area contributed by atoms with Crippen LogP contribution in [0.3, 0.4) is 0 Å². The van der Waals surface area contributed by atoms with Gasteiger partial charge in [0.15, 0.2) is 5.96 Å². The lowest BCUT2D eigenvalue weighted by Crippen LogP contribution is -2.57. The highest BCUT2D eigenvalue weighted by Crippen LogP contribution is 2.18. The highest BCUT2D eigenvalue weighted by molar-refractivity contribution is 5.82. The number of nitrogens with zero attached hydrogens (tertiary/aromatic N) is 3. The average Bonchev–Trinajstić information content (AvgIpc) is 3.04. The fourth-order valence-corrected chi connectivity index (χ4v) is 3.22. The zero-order valence-corrected chi connectivity index (χ0v) is 16.8. The number of guanidine groups is 1. The van der Waals surface area contributed by atoms with Gasteiger partial charge in [0.2, 0.25) is 0 Å². The number of carbonyl (C=O) groups is 1. The van der Waals surface area contributed by atoms with Gasteiger partial charge in [0, 0.05) is 26.2 Å². The summed E-state index contributed by atoms with van der Waals surface area (Å²) in [6.45, 7) is 9.57. The molecule has 28 heavy (non-hydrogen) atoms. The van der Waals surface area contributed by atoms with Gasteiger partial charge in [-0.15, -0.1) is 0 Å². The molecule has 0 radical (unpaired) electrons. The number of hydrogen-bond donors (Lipinski definition) is 1. The summed E-state index contributed by atoms with van der Waals surface area (Å²) in [5, 5.41) is 3.36. The van der Waals surface area contributed by atoms with E-state index in [1.165, 1.54) is 12.1 Å². The van der Waals surface area contributed by atoms with Crippen molar-refractivity contribution in [3.05, 3.63) is 30.1 Å². The van der Waals surface area contributed by atoms with Crippen molar-refractivity contribution < 1.29 is 18.7 Å². The van der Waals surface area contributed by atoms with E-state index in [2.05, 4.69) is 15.2 Å². The largest absolute Gasteiger partial charge is 0.494 e. The predicted octanol–water partition coefficient (Wildman–Crippen LogP) is 2.48. The third-order valence-electron chi connectivity index (χ3n) is 4.54. The number of ether oxygens (including phenoxy) is 2. The molecule has 0 bridgehead atoms. The van der Waals surface area contributed by atoms with E-state index >= 15 is 0 Å². The molecule has 1 saturated heterocycles. The van der Waals surface area contributed by atoms with Crippen LogP contribution in [0, 0.1) is 5.82 Å². The Morgan fingerprint density at radius 1 is 1.29 bits per heavy atom. The molecule has 1 fully saturated rings. The molecule has 0 saturated carbocycles. The number of carbonyl (C=O) groups excluding carboxylic acids is 1. The van der Waals surface area contributed by atoms with Crippen molar-refractivity contribution >= 4 is 12.1 Å². The Kier molecular flexibility index (Phi) is 6.26. The van der Waals surface area contributed by atoms with Gasteiger partial charge in [0.25, 0.3) is 0 Å². The number of halogens is 1.